The van der Waals surface area contributed by atoms with Crippen molar-refractivity contribution in [1.82, 2.24) is 0 Å². The standard InChI is InChI=1S/C12H14ClN3O3/c13-9-3-4-10(11(6-9)16(18)19)15-5-1-2-8(7-15)12(14)17/h3-4,6,8H,1-2,5,7H2,(H2,14,17). The first-order valence-corrected chi connectivity index (χ1v) is 6.35. The summed E-state index contributed by atoms with van der Waals surface area (Å²) < 4.78 is 0. The number of carbonyl (C=O) groups is 1. The first-order valence-electron chi connectivity index (χ1n) is 5.97. The van der Waals surface area contributed by atoms with Crippen molar-refractivity contribution in [1.29, 1.82) is 0 Å². The van der Waals surface area contributed by atoms with Crippen molar-refractivity contribution >= 4 is 28.9 Å². The molecule has 0 aromatic heterocycles. The van der Waals surface area contributed by atoms with Gasteiger partial charge in [-0.2, -0.15) is 0 Å². The molecular weight excluding hydrogens is 270 g/mol. The Labute approximate surface area is 115 Å². The quantitative estimate of drug-likeness (QED) is 0.678. The molecule has 0 bridgehead atoms. The number of rotatable bonds is 3. The van der Waals surface area contributed by atoms with E-state index in [0.29, 0.717) is 23.8 Å². The maximum atomic E-state index is 11.2. The summed E-state index contributed by atoms with van der Waals surface area (Å²) in [6.45, 7) is 1.09. The minimum absolute atomic E-state index is 0.0439. The van der Waals surface area contributed by atoms with Crippen molar-refractivity contribution in [2.45, 2.75) is 12.8 Å². The average Bonchev–Trinajstić information content (AvgIpc) is 2.38. The van der Waals surface area contributed by atoms with Crippen molar-refractivity contribution in [3.63, 3.8) is 0 Å². The Bertz CT molecular complexity index is 521. The molecular formula is C12H14ClN3O3. The van der Waals surface area contributed by atoms with Crippen LogP contribution in [-0.2, 0) is 4.79 Å². The number of carbonyl (C=O) groups excluding carboxylic acids is 1. The number of primary amides is 1. The molecule has 1 aliphatic rings. The van der Waals surface area contributed by atoms with Crippen molar-refractivity contribution < 1.29 is 9.72 Å². The van der Waals surface area contributed by atoms with Crippen LogP contribution in [0.5, 0.6) is 0 Å². The lowest BCUT2D eigenvalue weighted by molar-refractivity contribution is -0.384. The van der Waals surface area contributed by atoms with Gasteiger partial charge in [0.15, 0.2) is 0 Å². The van der Waals surface area contributed by atoms with E-state index in [1.807, 2.05) is 4.90 Å². The van der Waals surface area contributed by atoms with E-state index in [1.54, 1.807) is 12.1 Å². The van der Waals surface area contributed by atoms with Gasteiger partial charge in [0.05, 0.1) is 10.8 Å². The number of nitro groups is 1. The van der Waals surface area contributed by atoms with Crippen molar-refractivity contribution in [3.8, 4) is 0 Å². The number of benzene rings is 1. The number of amides is 1. The lowest BCUT2D eigenvalue weighted by Crippen LogP contribution is -2.41. The van der Waals surface area contributed by atoms with E-state index in [2.05, 4.69) is 0 Å². The van der Waals surface area contributed by atoms with E-state index in [4.69, 9.17) is 17.3 Å². The highest BCUT2D eigenvalue weighted by Gasteiger charge is 2.28. The van der Waals surface area contributed by atoms with E-state index >= 15 is 0 Å². The SMILES string of the molecule is NC(=O)C1CCCN(c2ccc(Cl)cc2[N+](=O)[O-])C1. The molecule has 2 rings (SSSR count). The predicted octanol–water partition coefficient (Wildman–Crippen LogP) is 1.95. The summed E-state index contributed by atoms with van der Waals surface area (Å²) in [6.07, 6.45) is 1.51. The molecule has 2 N–H and O–H groups in total. The predicted molar refractivity (Wildman–Crippen MR) is 72.2 cm³/mol. The summed E-state index contributed by atoms with van der Waals surface area (Å²) in [5.41, 5.74) is 5.75. The molecule has 0 saturated carbocycles. The molecule has 6 nitrogen and oxygen atoms in total. The molecule has 1 aromatic rings. The van der Waals surface area contributed by atoms with Gasteiger partial charge in [0.25, 0.3) is 5.69 Å². The van der Waals surface area contributed by atoms with Gasteiger partial charge in [0.2, 0.25) is 5.91 Å². The van der Waals surface area contributed by atoms with E-state index in [-0.39, 0.29) is 17.5 Å². The van der Waals surface area contributed by atoms with Gasteiger partial charge in [-0.1, -0.05) is 11.6 Å². The highest BCUT2D eigenvalue weighted by molar-refractivity contribution is 6.30. The number of piperidine rings is 1. The second-order valence-electron chi connectivity index (χ2n) is 4.58. The Hall–Kier alpha value is -1.82. The first-order chi connectivity index (χ1) is 8.99. The van der Waals surface area contributed by atoms with Gasteiger partial charge in [0, 0.05) is 24.2 Å². The van der Waals surface area contributed by atoms with E-state index in [1.165, 1.54) is 6.07 Å². The fourth-order valence-electron chi connectivity index (χ4n) is 2.34. The van der Waals surface area contributed by atoms with Gasteiger partial charge in [-0.05, 0) is 25.0 Å². The van der Waals surface area contributed by atoms with Crippen LogP contribution in [0, 0.1) is 16.0 Å². The fraction of sp³-hybridized carbons (Fsp3) is 0.417. The Morgan fingerprint density at radius 3 is 2.89 bits per heavy atom. The van der Waals surface area contributed by atoms with Crippen LogP contribution in [0.15, 0.2) is 18.2 Å². The molecule has 0 spiro atoms. The molecule has 1 aliphatic heterocycles. The summed E-state index contributed by atoms with van der Waals surface area (Å²) >= 11 is 5.78. The van der Waals surface area contributed by atoms with E-state index in [9.17, 15) is 14.9 Å². The summed E-state index contributed by atoms with van der Waals surface area (Å²) in [4.78, 5) is 23.7. The van der Waals surface area contributed by atoms with Gasteiger partial charge >= 0.3 is 0 Å². The molecule has 1 amide bonds. The summed E-state index contributed by atoms with van der Waals surface area (Å²) in [7, 11) is 0. The van der Waals surface area contributed by atoms with Crippen LogP contribution in [0.4, 0.5) is 11.4 Å². The summed E-state index contributed by atoms with van der Waals surface area (Å²) in [5.74, 6) is -0.620. The lowest BCUT2D eigenvalue weighted by Gasteiger charge is -2.32. The number of nitro benzene ring substituents is 1. The summed E-state index contributed by atoms with van der Waals surface area (Å²) in [5, 5.41) is 11.4. The smallest absolute Gasteiger partial charge is 0.294 e. The molecule has 0 radical (unpaired) electrons. The van der Waals surface area contributed by atoms with Crippen LogP contribution in [0.2, 0.25) is 5.02 Å². The normalized spacial score (nSPS) is 19.2. The van der Waals surface area contributed by atoms with Gasteiger partial charge < -0.3 is 10.6 Å². The van der Waals surface area contributed by atoms with Crippen LogP contribution < -0.4 is 10.6 Å². The molecule has 1 aromatic carbocycles. The van der Waals surface area contributed by atoms with E-state index in [0.717, 1.165) is 12.8 Å². The molecule has 19 heavy (non-hydrogen) atoms. The maximum absolute atomic E-state index is 11.2. The molecule has 1 heterocycles. The Kier molecular flexibility index (Phi) is 3.90. The van der Waals surface area contributed by atoms with Crippen molar-refractivity contribution in [2.24, 2.45) is 11.7 Å². The zero-order valence-electron chi connectivity index (χ0n) is 10.2. The molecule has 7 heteroatoms. The molecule has 0 aliphatic carbocycles. The zero-order valence-corrected chi connectivity index (χ0v) is 11.0. The maximum Gasteiger partial charge on any atom is 0.294 e. The van der Waals surface area contributed by atoms with Gasteiger partial charge in [-0.3, -0.25) is 14.9 Å². The number of anilines is 1. The van der Waals surface area contributed by atoms with Crippen LogP contribution in [0.3, 0.4) is 0 Å². The van der Waals surface area contributed by atoms with Gasteiger partial charge in [-0.25, -0.2) is 0 Å². The summed E-state index contributed by atoms with van der Waals surface area (Å²) in [6, 6.07) is 4.55. The Morgan fingerprint density at radius 2 is 2.26 bits per heavy atom. The topological polar surface area (TPSA) is 89.5 Å². The highest BCUT2D eigenvalue weighted by Crippen LogP contribution is 2.33. The zero-order chi connectivity index (χ0) is 14.0. The van der Waals surface area contributed by atoms with Crippen LogP contribution in [0.1, 0.15) is 12.8 Å². The first kappa shape index (κ1) is 13.6. The van der Waals surface area contributed by atoms with E-state index < -0.39 is 4.92 Å². The Balaban J connectivity index is 2.30. The largest absolute Gasteiger partial charge is 0.369 e. The van der Waals surface area contributed by atoms with Crippen molar-refractivity contribution in [2.75, 3.05) is 18.0 Å². The highest BCUT2D eigenvalue weighted by atomic mass is 35.5. The molecule has 1 unspecified atom stereocenters. The third-order valence-corrected chi connectivity index (χ3v) is 3.53. The van der Waals surface area contributed by atoms with Gasteiger partial charge in [-0.15, -0.1) is 0 Å². The monoisotopic (exact) mass is 283 g/mol. The molecule has 1 atom stereocenters. The molecule has 102 valence electrons. The van der Waals surface area contributed by atoms with Crippen molar-refractivity contribution in [3.05, 3.63) is 33.3 Å². The van der Waals surface area contributed by atoms with Crippen LogP contribution in [0.25, 0.3) is 0 Å². The third kappa shape index (κ3) is 2.96. The lowest BCUT2D eigenvalue weighted by atomic mass is 9.97. The van der Waals surface area contributed by atoms with Gasteiger partial charge in [0.1, 0.15) is 5.69 Å². The number of nitrogens with two attached hydrogens (primary N) is 1. The number of halogens is 1. The van der Waals surface area contributed by atoms with Crippen LogP contribution >= 0.6 is 11.6 Å². The minimum Gasteiger partial charge on any atom is -0.369 e. The second-order valence-corrected chi connectivity index (χ2v) is 5.01. The average molecular weight is 284 g/mol. The minimum atomic E-state index is -0.463. The number of hydrogen-bond acceptors (Lipinski definition) is 4. The Morgan fingerprint density at radius 1 is 1.53 bits per heavy atom. The van der Waals surface area contributed by atoms with Crippen LogP contribution in [-0.4, -0.2) is 23.9 Å². The molecule has 1 saturated heterocycles. The number of hydrogen-bond donors (Lipinski definition) is 1. The number of nitrogens with zero attached hydrogens (tertiary/aromatic N) is 2. The molecule has 1 fully saturated rings. The third-order valence-electron chi connectivity index (χ3n) is 3.30. The fourth-order valence-corrected chi connectivity index (χ4v) is 2.50. The second kappa shape index (κ2) is 5.44.